The van der Waals surface area contributed by atoms with Crippen molar-refractivity contribution in [3.8, 4) is 0 Å². The number of rotatable bonds is 4. The minimum absolute atomic E-state index is 0.126. The molecule has 6 heteroatoms. The molecule has 0 aliphatic carbocycles. The number of nitrogens with one attached hydrogen (secondary N) is 1. The van der Waals surface area contributed by atoms with Gasteiger partial charge in [0.05, 0.1) is 5.02 Å². The molecule has 0 heterocycles. The van der Waals surface area contributed by atoms with Crippen molar-refractivity contribution in [1.82, 2.24) is 10.2 Å². The molecule has 0 fully saturated rings. The van der Waals surface area contributed by atoms with Crippen LogP contribution in [0.25, 0.3) is 0 Å². The van der Waals surface area contributed by atoms with E-state index in [1.54, 1.807) is 37.1 Å². The maximum atomic E-state index is 12.0. The molecular weight excluding hydrogens is 332 g/mol. The number of carbonyl (C=O) groups is 2. The molecule has 1 N–H and O–H groups in total. The van der Waals surface area contributed by atoms with Gasteiger partial charge in [0.1, 0.15) is 6.04 Å². The summed E-state index contributed by atoms with van der Waals surface area (Å²) >= 11 is 9.18. The Morgan fingerprint density at radius 1 is 1.47 bits per heavy atom. The van der Waals surface area contributed by atoms with E-state index in [-0.39, 0.29) is 11.8 Å². The summed E-state index contributed by atoms with van der Waals surface area (Å²) in [5, 5.41) is 3.11. The van der Waals surface area contributed by atoms with Gasteiger partial charge >= 0.3 is 0 Å². The maximum Gasteiger partial charge on any atom is 0.251 e. The third-order valence-electron chi connectivity index (χ3n) is 2.75. The summed E-state index contributed by atoms with van der Waals surface area (Å²) in [6.45, 7) is 4.14. The lowest BCUT2D eigenvalue weighted by Gasteiger charge is -2.20. The Morgan fingerprint density at radius 2 is 2.11 bits per heavy atom. The van der Waals surface area contributed by atoms with Crippen molar-refractivity contribution in [3.05, 3.63) is 33.3 Å². The van der Waals surface area contributed by atoms with Gasteiger partial charge in [-0.05, 0) is 48.0 Å². The third-order valence-corrected chi connectivity index (χ3v) is 3.98. The smallest absolute Gasteiger partial charge is 0.251 e. The van der Waals surface area contributed by atoms with Gasteiger partial charge in [-0.1, -0.05) is 11.6 Å². The Morgan fingerprint density at radius 3 is 2.63 bits per heavy atom. The van der Waals surface area contributed by atoms with E-state index in [9.17, 15) is 9.59 Å². The van der Waals surface area contributed by atoms with Gasteiger partial charge in [0.2, 0.25) is 5.91 Å². The fourth-order valence-electron chi connectivity index (χ4n) is 1.47. The van der Waals surface area contributed by atoms with Crippen molar-refractivity contribution in [2.24, 2.45) is 0 Å². The molecule has 1 unspecified atom stereocenters. The minimum atomic E-state index is -0.570. The molecule has 2 amide bonds. The van der Waals surface area contributed by atoms with Crippen LogP contribution in [0, 0.1) is 0 Å². The minimum Gasteiger partial charge on any atom is -0.344 e. The molecule has 0 aromatic heterocycles. The number of benzene rings is 1. The van der Waals surface area contributed by atoms with Crippen LogP contribution in [0.2, 0.25) is 5.02 Å². The van der Waals surface area contributed by atoms with Crippen LogP contribution in [0.5, 0.6) is 0 Å². The summed E-state index contributed by atoms with van der Waals surface area (Å²) in [6, 6.07) is 4.33. The Labute approximate surface area is 126 Å². The van der Waals surface area contributed by atoms with E-state index in [2.05, 4.69) is 21.2 Å². The van der Waals surface area contributed by atoms with Crippen LogP contribution in [0.1, 0.15) is 24.2 Å². The van der Waals surface area contributed by atoms with Crippen LogP contribution >= 0.6 is 27.5 Å². The number of halogens is 2. The Hall–Kier alpha value is -1.07. The van der Waals surface area contributed by atoms with E-state index in [1.165, 1.54) is 0 Å². The predicted octanol–water partition coefficient (Wildman–Crippen LogP) is 2.70. The zero-order valence-electron chi connectivity index (χ0n) is 11.0. The van der Waals surface area contributed by atoms with Gasteiger partial charge < -0.3 is 10.2 Å². The number of likely N-dealkylation sites (N-methyl/N-ethyl adjacent to an activating group) is 1. The maximum absolute atomic E-state index is 12.0. The topological polar surface area (TPSA) is 49.4 Å². The molecule has 0 saturated carbocycles. The van der Waals surface area contributed by atoms with Crippen molar-refractivity contribution in [2.75, 3.05) is 13.6 Å². The highest BCUT2D eigenvalue weighted by Gasteiger charge is 2.19. The van der Waals surface area contributed by atoms with Crippen molar-refractivity contribution in [1.29, 1.82) is 0 Å². The summed E-state index contributed by atoms with van der Waals surface area (Å²) in [7, 11) is 1.70. The summed E-state index contributed by atoms with van der Waals surface area (Å²) in [5.74, 6) is -0.446. The fraction of sp³-hybridized carbons (Fsp3) is 0.385. The third kappa shape index (κ3) is 4.21. The highest BCUT2D eigenvalue weighted by atomic mass is 79.9. The van der Waals surface area contributed by atoms with E-state index >= 15 is 0 Å². The van der Waals surface area contributed by atoms with Gasteiger partial charge in [-0.15, -0.1) is 0 Å². The zero-order chi connectivity index (χ0) is 14.6. The monoisotopic (exact) mass is 346 g/mol. The molecule has 0 bridgehead atoms. The molecule has 1 atom stereocenters. The average Bonchev–Trinajstić information content (AvgIpc) is 2.39. The van der Waals surface area contributed by atoms with Gasteiger partial charge in [0.15, 0.2) is 0 Å². The molecule has 0 spiro atoms. The standard InChI is InChI=1S/C13H16BrClN2O2/c1-4-17(3)13(19)8(2)16-12(18)9-5-6-10(14)11(15)7-9/h5-8H,4H2,1-3H3,(H,16,18). The molecular formula is C13H16BrClN2O2. The van der Waals surface area contributed by atoms with E-state index in [0.29, 0.717) is 17.1 Å². The van der Waals surface area contributed by atoms with E-state index in [0.717, 1.165) is 4.47 Å². The lowest BCUT2D eigenvalue weighted by molar-refractivity contribution is -0.131. The van der Waals surface area contributed by atoms with Crippen LogP contribution in [0.4, 0.5) is 0 Å². The van der Waals surface area contributed by atoms with Crippen LogP contribution in [-0.4, -0.2) is 36.3 Å². The molecule has 1 aromatic carbocycles. The number of nitrogens with zero attached hydrogens (tertiary/aromatic N) is 1. The Bertz CT molecular complexity index is 494. The average molecular weight is 348 g/mol. The SMILES string of the molecule is CCN(C)C(=O)C(C)NC(=O)c1ccc(Br)c(Cl)c1. The zero-order valence-corrected chi connectivity index (χ0v) is 13.4. The van der Waals surface area contributed by atoms with Crippen molar-refractivity contribution < 1.29 is 9.59 Å². The summed E-state index contributed by atoms with van der Waals surface area (Å²) in [5.41, 5.74) is 0.423. The summed E-state index contributed by atoms with van der Waals surface area (Å²) < 4.78 is 0.723. The van der Waals surface area contributed by atoms with Gasteiger partial charge in [-0.2, -0.15) is 0 Å². The van der Waals surface area contributed by atoms with E-state index in [1.807, 2.05) is 6.92 Å². The fourth-order valence-corrected chi connectivity index (χ4v) is 1.89. The molecule has 19 heavy (non-hydrogen) atoms. The van der Waals surface area contributed by atoms with Crippen molar-refractivity contribution in [2.45, 2.75) is 19.9 Å². The Kier molecular flexibility index (Phi) is 5.82. The molecule has 104 valence electrons. The molecule has 0 aliphatic heterocycles. The molecule has 0 aliphatic rings. The van der Waals surface area contributed by atoms with Gasteiger partial charge in [-0.3, -0.25) is 9.59 Å². The second-order valence-electron chi connectivity index (χ2n) is 4.18. The number of hydrogen-bond acceptors (Lipinski definition) is 2. The van der Waals surface area contributed by atoms with Crippen molar-refractivity contribution >= 4 is 39.3 Å². The second kappa shape index (κ2) is 6.91. The number of carbonyl (C=O) groups excluding carboxylic acids is 2. The summed E-state index contributed by atoms with van der Waals surface area (Å²) in [4.78, 5) is 25.4. The molecule has 1 rings (SSSR count). The highest BCUT2D eigenvalue weighted by molar-refractivity contribution is 9.10. The van der Waals surface area contributed by atoms with Gasteiger partial charge in [0.25, 0.3) is 5.91 Å². The largest absolute Gasteiger partial charge is 0.344 e. The normalized spacial score (nSPS) is 11.8. The first-order valence-electron chi connectivity index (χ1n) is 5.87. The number of amides is 2. The van der Waals surface area contributed by atoms with E-state index < -0.39 is 6.04 Å². The molecule has 4 nitrogen and oxygen atoms in total. The van der Waals surface area contributed by atoms with Crippen LogP contribution in [-0.2, 0) is 4.79 Å². The quantitative estimate of drug-likeness (QED) is 0.910. The lowest BCUT2D eigenvalue weighted by atomic mass is 10.2. The molecule has 1 aromatic rings. The van der Waals surface area contributed by atoms with Crippen molar-refractivity contribution in [3.63, 3.8) is 0 Å². The van der Waals surface area contributed by atoms with Crippen LogP contribution in [0.15, 0.2) is 22.7 Å². The predicted molar refractivity (Wildman–Crippen MR) is 79.4 cm³/mol. The van der Waals surface area contributed by atoms with Crippen LogP contribution < -0.4 is 5.32 Å². The molecule has 0 saturated heterocycles. The summed E-state index contributed by atoms with van der Waals surface area (Å²) in [6.07, 6.45) is 0. The van der Waals surface area contributed by atoms with Crippen LogP contribution in [0.3, 0.4) is 0 Å². The first-order valence-corrected chi connectivity index (χ1v) is 7.04. The highest BCUT2D eigenvalue weighted by Crippen LogP contribution is 2.23. The van der Waals surface area contributed by atoms with E-state index in [4.69, 9.17) is 11.6 Å². The van der Waals surface area contributed by atoms with Gasteiger partial charge in [0, 0.05) is 23.6 Å². The lowest BCUT2D eigenvalue weighted by Crippen LogP contribution is -2.45. The molecule has 0 radical (unpaired) electrons. The Balaban J connectivity index is 2.74. The number of hydrogen-bond donors (Lipinski definition) is 1. The first kappa shape index (κ1) is 16.0. The first-order chi connectivity index (χ1) is 8.86. The second-order valence-corrected chi connectivity index (χ2v) is 5.44. The van der Waals surface area contributed by atoms with Gasteiger partial charge in [-0.25, -0.2) is 0 Å².